The molecule has 0 radical (unpaired) electrons. The van der Waals surface area contributed by atoms with Gasteiger partial charge in [0.25, 0.3) is 0 Å². The van der Waals surface area contributed by atoms with E-state index in [0.29, 0.717) is 26.3 Å². The molecule has 104 valence electrons. The quantitative estimate of drug-likeness (QED) is 0.863. The number of likely N-dealkylation sites (N-methyl/N-ethyl adjacent to an activating group) is 2. The number of rotatable bonds is 5. The topological polar surface area (TPSA) is 50.8 Å². The Hall–Kier alpha value is -1.75. The number of carbonyl (C=O) groups is 1. The standard InChI is InChI=1S/C14H20N2O3/c1-3-15-9-14(17)16(2)10-11-4-5-12-13(8-11)19-7-6-18-12/h4-5,8,15H,3,6-7,9-10H2,1-2H3. The SMILES string of the molecule is CCNCC(=O)N(C)Cc1ccc2c(c1)OCCO2. The fraction of sp³-hybridized carbons (Fsp3) is 0.500. The maximum absolute atomic E-state index is 11.8. The molecule has 0 bridgehead atoms. The van der Waals surface area contributed by atoms with Gasteiger partial charge < -0.3 is 19.7 Å². The van der Waals surface area contributed by atoms with E-state index < -0.39 is 0 Å². The van der Waals surface area contributed by atoms with Crippen molar-refractivity contribution in [3.63, 3.8) is 0 Å². The summed E-state index contributed by atoms with van der Waals surface area (Å²) < 4.78 is 11.0. The summed E-state index contributed by atoms with van der Waals surface area (Å²) in [7, 11) is 1.80. The molecule has 5 nitrogen and oxygen atoms in total. The van der Waals surface area contributed by atoms with E-state index in [1.807, 2.05) is 25.1 Å². The lowest BCUT2D eigenvalue weighted by atomic mass is 10.2. The molecule has 0 saturated heterocycles. The van der Waals surface area contributed by atoms with Gasteiger partial charge in [-0.3, -0.25) is 4.79 Å². The van der Waals surface area contributed by atoms with E-state index in [9.17, 15) is 4.79 Å². The minimum Gasteiger partial charge on any atom is -0.486 e. The summed E-state index contributed by atoms with van der Waals surface area (Å²) in [6, 6.07) is 5.79. The predicted octanol–water partition coefficient (Wildman–Crippen LogP) is 1.03. The Kier molecular flexibility index (Phi) is 4.63. The Bertz CT molecular complexity index is 448. The second-order valence-electron chi connectivity index (χ2n) is 4.51. The van der Waals surface area contributed by atoms with Gasteiger partial charge in [0, 0.05) is 13.6 Å². The lowest BCUT2D eigenvalue weighted by molar-refractivity contribution is -0.129. The van der Waals surface area contributed by atoms with E-state index in [1.165, 1.54) is 0 Å². The van der Waals surface area contributed by atoms with Crippen LogP contribution in [0.5, 0.6) is 11.5 Å². The van der Waals surface area contributed by atoms with E-state index >= 15 is 0 Å². The number of hydrogen-bond donors (Lipinski definition) is 1. The van der Waals surface area contributed by atoms with Crippen molar-refractivity contribution in [1.82, 2.24) is 10.2 Å². The summed E-state index contributed by atoms with van der Waals surface area (Å²) in [5.41, 5.74) is 1.04. The molecular formula is C14H20N2O3. The third-order valence-corrected chi connectivity index (χ3v) is 2.98. The fourth-order valence-corrected chi connectivity index (χ4v) is 1.92. The molecule has 0 fully saturated rings. The monoisotopic (exact) mass is 264 g/mol. The predicted molar refractivity (Wildman–Crippen MR) is 72.4 cm³/mol. The molecule has 0 spiro atoms. The van der Waals surface area contributed by atoms with Crippen molar-refractivity contribution in [2.75, 3.05) is 33.4 Å². The van der Waals surface area contributed by atoms with E-state index in [2.05, 4.69) is 5.32 Å². The van der Waals surface area contributed by atoms with Gasteiger partial charge in [0.2, 0.25) is 5.91 Å². The van der Waals surface area contributed by atoms with E-state index in [-0.39, 0.29) is 5.91 Å². The minimum absolute atomic E-state index is 0.0803. The van der Waals surface area contributed by atoms with Crippen LogP contribution in [0.4, 0.5) is 0 Å². The van der Waals surface area contributed by atoms with Crippen LogP contribution in [0.1, 0.15) is 12.5 Å². The summed E-state index contributed by atoms with van der Waals surface area (Å²) in [6.45, 7) is 4.88. The first-order valence-corrected chi connectivity index (χ1v) is 6.54. The maximum Gasteiger partial charge on any atom is 0.236 e. The third-order valence-electron chi connectivity index (χ3n) is 2.98. The van der Waals surface area contributed by atoms with Crippen LogP contribution in [-0.2, 0) is 11.3 Å². The van der Waals surface area contributed by atoms with Gasteiger partial charge in [-0.2, -0.15) is 0 Å². The highest BCUT2D eigenvalue weighted by Gasteiger charge is 2.14. The van der Waals surface area contributed by atoms with Crippen molar-refractivity contribution in [2.24, 2.45) is 0 Å². The number of hydrogen-bond acceptors (Lipinski definition) is 4. The first-order chi connectivity index (χ1) is 9.20. The molecule has 19 heavy (non-hydrogen) atoms. The fourth-order valence-electron chi connectivity index (χ4n) is 1.92. The summed E-state index contributed by atoms with van der Waals surface area (Å²) >= 11 is 0. The van der Waals surface area contributed by atoms with Gasteiger partial charge in [0.1, 0.15) is 13.2 Å². The van der Waals surface area contributed by atoms with Gasteiger partial charge in [-0.15, -0.1) is 0 Å². The van der Waals surface area contributed by atoms with Crippen LogP contribution in [0.2, 0.25) is 0 Å². The molecule has 1 amide bonds. The molecule has 1 aromatic rings. The highest BCUT2D eigenvalue weighted by molar-refractivity contribution is 5.77. The molecule has 0 aromatic heterocycles. The van der Waals surface area contributed by atoms with Crippen LogP contribution in [0.15, 0.2) is 18.2 Å². The Morgan fingerprint density at radius 1 is 1.32 bits per heavy atom. The molecule has 2 rings (SSSR count). The van der Waals surface area contributed by atoms with Crippen molar-refractivity contribution in [2.45, 2.75) is 13.5 Å². The van der Waals surface area contributed by atoms with Gasteiger partial charge in [0.15, 0.2) is 11.5 Å². The average molecular weight is 264 g/mol. The van der Waals surface area contributed by atoms with Crippen molar-refractivity contribution in [3.8, 4) is 11.5 Å². The van der Waals surface area contributed by atoms with Crippen molar-refractivity contribution in [1.29, 1.82) is 0 Å². The summed E-state index contributed by atoms with van der Waals surface area (Å²) in [5.74, 6) is 1.62. The second kappa shape index (κ2) is 6.43. The molecule has 1 aliphatic rings. The van der Waals surface area contributed by atoms with Gasteiger partial charge in [-0.1, -0.05) is 13.0 Å². The smallest absolute Gasteiger partial charge is 0.236 e. The zero-order valence-electron chi connectivity index (χ0n) is 11.4. The summed E-state index contributed by atoms with van der Waals surface area (Å²) in [4.78, 5) is 13.5. The molecule has 1 aliphatic heterocycles. The van der Waals surface area contributed by atoms with Crippen LogP contribution in [0, 0.1) is 0 Å². The zero-order valence-corrected chi connectivity index (χ0v) is 11.4. The van der Waals surface area contributed by atoms with Gasteiger partial charge >= 0.3 is 0 Å². The van der Waals surface area contributed by atoms with Crippen molar-refractivity contribution in [3.05, 3.63) is 23.8 Å². The summed E-state index contributed by atoms with van der Waals surface area (Å²) in [5, 5.41) is 3.03. The van der Waals surface area contributed by atoms with Crippen LogP contribution >= 0.6 is 0 Å². The summed E-state index contributed by atoms with van der Waals surface area (Å²) in [6.07, 6.45) is 0. The number of carbonyl (C=O) groups excluding carboxylic acids is 1. The van der Waals surface area contributed by atoms with Crippen molar-refractivity contribution < 1.29 is 14.3 Å². The molecule has 1 N–H and O–H groups in total. The first-order valence-electron chi connectivity index (χ1n) is 6.54. The molecule has 0 saturated carbocycles. The second-order valence-corrected chi connectivity index (χ2v) is 4.51. The highest BCUT2D eigenvalue weighted by atomic mass is 16.6. The van der Waals surface area contributed by atoms with Crippen LogP contribution in [0.3, 0.4) is 0 Å². The Morgan fingerprint density at radius 3 is 2.79 bits per heavy atom. The van der Waals surface area contributed by atoms with E-state index in [1.54, 1.807) is 11.9 Å². The Morgan fingerprint density at radius 2 is 2.05 bits per heavy atom. The Balaban J connectivity index is 1.97. The average Bonchev–Trinajstić information content (AvgIpc) is 2.44. The van der Waals surface area contributed by atoms with Gasteiger partial charge in [-0.25, -0.2) is 0 Å². The number of fused-ring (bicyclic) bond motifs is 1. The van der Waals surface area contributed by atoms with Gasteiger partial charge in [0.05, 0.1) is 6.54 Å². The number of amides is 1. The van der Waals surface area contributed by atoms with Crippen LogP contribution in [0.25, 0.3) is 0 Å². The highest BCUT2D eigenvalue weighted by Crippen LogP contribution is 2.30. The van der Waals surface area contributed by atoms with Crippen LogP contribution in [-0.4, -0.2) is 44.2 Å². The maximum atomic E-state index is 11.8. The molecule has 0 aliphatic carbocycles. The lowest BCUT2D eigenvalue weighted by Gasteiger charge is -2.21. The lowest BCUT2D eigenvalue weighted by Crippen LogP contribution is -2.35. The third kappa shape index (κ3) is 3.61. The molecule has 5 heteroatoms. The molecular weight excluding hydrogens is 244 g/mol. The number of nitrogens with zero attached hydrogens (tertiary/aromatic N) is 1. The largest absolute Gasteiger partial charge is 0.486 e. The molecule has 0 unspecified atom stereocenters. The van der Waals surface area contributed by atoms with Crippen LogP contribution < -0.4 is 14.8 Å². The zero-order chi connectivity index (χ0) is 13.7. The number of nitrogens with one attached hydrogen (secondary N) is 1. The van der Waals surface area contributed by atoms with Gasteiger partial charge in [-0.05, 0) is 24.2 Å². The molecule has 1 aromatic carbocycles. The van der Waals surface area contributed by atoms with E-state index in [4.69, 9.17) is 9.47 Å². The Labute approximate surface area is 113 Å². The number of benzene rings is 1. The van der Waals surface area contributed by atoms with E-state index in [0.717, 1.165) is 23.6 Å². The minimum atomic E-state index is 0.0803. The molecule has 1 heterocycles. The molecule has 0 atom stereocenters. The normalized spacial score (nSPS) is 13.2. The van der Waals surface area contributed by atoms with Crippen molar-refractivity contribution >= 4 is 5.91 Å². The first kappa shape index (κ1) is 13.7. The number of ether oxygens (including phenoxy) is 2.